The largest absolute Gasteiger partial charge is 0.465 e. The fourth-order valence-electron chi connectivity index (χ4n) is 2.50. The van der Waals surface area contributed by atoms with E-state index in [2.05, 4.69) is 10.3 Å². The Balaban J connectivity index is 1.93. The molecule has 7 nitrogen and oxygen atoms in total. The van der Waals surface area contributed by atoms with E-state index in [1.54, 1.807) is 24.3 Å². The number of hydrogen-bond acceptors (Lipinski definition) is 6. The van der Waals surface area contributed by atoms with Gasteiger partial charge in [-0.2, -0.15) is 0 Å². The van der Waals surface area contributed by atoms with Gasteiger partial charge in [0.15, 0.2) is 0 Å². The molecule has 0 radical (unpaired) electrons. The van der Waals surface area contributed by atoms with Crippen LogP contribution in [0.1, 0.15) is 10.4 Å². The smallest absolute Gasteiger partial charge is 0.337 e. The van der Waals surface area contributed by atoms with Crippen molar-refractivity contribution in [2.24, 2.45) is 0 Å². The number of hydrogen-bond donors (Lipinski definition) is 1. The van der Waals surface area contributed by atoms with Crippen molar-refractivity contribution in [2.45, 2.75) is 0 Å². The minimum atomic E-state index is -0.487. The maximum absolute atomic E-state index is 11.7. The standard InChI is InChI=1S/C19H15N3O4/c1-26-19(23)15-7-2-5-13(11-15)14-6-3-8-16(12-14)21-18-17(22(24)25)9-4-10-20-18/h2-12H,1H3,(H,20,21). The predicted molar refractivity (Wildman–Crippen MR) is 97.4 cm³/mol. The Labute approximate surface area is 149 Å². The zero-order chi connectivity index (χ0) is 18.5. The molecule has 1 heterocycles. The number of aromatic nitrogens is 1. The van der Waals surface area contributed by atoms with Gasteiger partial charge in [-0.15, -0.1) is 0 Å². The molecule has 2 aromatic carbocycles. The molecule has 3 rings (SSSR count). The lowest BCUT2D eigenvalue weighted by molar-refractivity contribution is -0.384. The molecule has 3 aromatic rings. The van der Waals surface area contributed by atoms with Crippen molar-refractivity contribution in [1.29, 1.82) is 0 Å². The maximum atomic E-state index is 11.7. The number of nitrogens with zero attached hydrogens (tertiary/aromatic N) is 2. The highest BCUT2D eigenvalue weighted by atomic mass is 16.6. The van der Waals surface area contributed by atoms with Gasteiger partial charge < -0.3 is 10.1 Å². The number of carbonyl (C=O) groups excluding carboxylic acids is 1. The lowest BCUT2D eigenvalue weighted by atomic mass is 10.0. The van der Waals surface area contributed by atoms with E-state index in [1.807, 2.05) is 24.3 Å². The first-order valence-electron chi connectivity index (χ1n) is 7.74. The lowest BCUT2D eigenvalue weighted by Gasteiger charge is -2.09. The molecule has 7 heteroatoms. The van der Waals surface area contributed by atoms with Gasteiger partial charge in [0.1, 0.15) is 0 Å². The highest BCUT2D eigenvalue weighted by molar-refractivity contribution is 5.91. The molecule has 0 aliphatic heterocycles. The summed E-state index contributed by atoms with van der Waals surface area (Å²) in [5.41, 5.74) is 2.66. The molecular formula is C19H15N3O4. The summed E-state index contributed by atoms with van der Waals surface area (Å²) in [4.78, 5) is 26.4. The van der Waals surface area contributed by atoms with Gasteiger partial charge in [0.05, 0.1) is 17.6 Å². The summed E-state index contributed by atoms with van der Waals surface area (Å²) in [7, 11) is 1.33. The van der Waals surface area contributed by atoms with E-state index >= 15 is 0 Å². The van der Waals surface area contributed by atoms with Crippen molar-refractivity contribution in [1.82, 2.24) is 4.98 Å². The van der Waals surface area contributed by atoms with E-state index in [0.717, 1.165) is 11.1 Å². The molecule has 1 aromatic heterocycles. The summed E-state index contributed by atoms with van der Waals surface area (Å²) >= 11 is 0. The average Bonchev–Trinajstić information content (AvgIpc) is 2.68. The molecule has 0 saturated carbocycles. The molecule has 0 aliphatic rings. The second kappa shape index (κ2) is 7.43. The highest BCUT2D eigenvalue weighted by Crippen LogP contribution is 2.28. The fraction of sp³-hybridized carbons (Fsp3) is 0.0526. The molecule has 130 valence electrons. The number of rotatable bonds is 5. The van der Waals surface area contributed by atoms with Gasteiger partial charge in [-0.05, 0) is 41.5 Å². The van der Waals surface area contributed by atoms with Crippen LogP contribution in [0.4, 0.5) is 17.2 Å². The Morgan fingerprint density at radius 2 is 1.81 bits per heavy atom. The number of nitro groups is 1. The van der Waals surface area contributed by atoms with Gasteiger partial charge >= 0.3 is 11.7 Å². The summed E-state index contributed by atoms with van der Waals surface area (Å²) < 4.78 is 4.74. The molecular weight excluding hydrogens is 334 g/mol. The molecule has 0 amide bonds. The minimum absolute atomic E-state index is 0.106. The first kappa shape index (κ1) is 17.1. The van der Waals surface area contributed by atoms with E-state index in [9.17, 15) is 14.9 Å². The van der Waals surface area contributed by atoms with Gasteiger partial charge in [0.25, 0.3) is 0 Å². The number of ether oxygens (including phenoxy) is 1. The van der Waals surface area contributed by atoms with E-state index in [1.165, 1.54) is 25.4 Å². The number of benzene rings is 2. The lowest BCUT2D eigenvalue weighted by Crippen LogP contribution is -2.01. The zero-order valence-electron chi connectivity index (χ0n) is 13.9. The van der Waals surface area contributed by atoms with Crippen molar-refractivity contribution in [3.05, 3.63) is 82.5 Å². The van der Waals surface area contributed by atoms with Crippen molar-refractivity contribution < 1.29 is 14.5 Å². The van der Waals surface area contributed by atoms with Crippen LogP contribution in [0.25, 0.3) is 11.1 Å². The van der Waals surface area contributed by atoms with E-state index in [4.69, 9.17) is 4.74 Å². The van der Waals surface area contributed by atoms with Crippen LogP contribution >= 0.6 is 0 Å². The molecule has 0 aliphatic carbocycles. The van der Waals surface area contributed by atoms with Crippen LogP contribution in [-0.2, 0) is 4.74 Å². The Kier molecular flexibility index (Phi) is 4.89. The zero-order valence-corrected chi connectivity index (χ0v) is 13.9. The van der Waals surface area contributed by atoms with Crippen molar-refractivity contribution >= 4 is 23.2 Å². The first-order valence-corrected chi connectivity index (χ1v) is 7.74. The molecule has 26 heavy (non-hydrogen) atoms. The monoisotopic (exact) mass is 349 g/mol. The third-order valence-corrected chi connectivity index (χ3v) is 3.73. The minimum Gasteiger partial charge on any atom is -0.465 e. The summed E-state index contributed by atoms with van der Waals surface area (Å²) in [6.45, 7) is 0. The van der Waals surface area contributed by atoms with Gasteiger partial charge in [-0.3, -0.25) is 10.1 Å². The molecule has 1 N–H and O–H groups in total. The number of methoxy groups -OCH3 is 1. The Morgan fingerprint density at radius 1 is 1.08 bits per heavy atom. The third kappa shape index (κ3) is 3.67. The van der Waals surface area contributed by atoms with E-state index in [0.29, 0.717) is 11.3 Å². The topological polar surface area (TPSA) is 94.4 Å². The molecule has 0 fully saturated rings. The SMILES string of the molecule is COC(=O)c1cccc(-c2cccc(Nc3ncccc3[N+](=O)[O-])c2)c1. The Morgan fingerprint density at radius 3 is 2.54 bits per heavy atom. The van der Waals surface area contributed by atoms with Crippen LogP contribution in [0.2, 0.25) is 0 Å². The normalized spacial score (nSPS) is 10.2. The van der Waals surface area contributed by atoms with E-state index < -0.39 is 10.9 Å². The second-order valence-electron chi connectivity index (χ2n) is 5.41. The quantitative estimate of drug-likeness (QED) is 0.422. The molecule has 0 unspecified atom stereocenters. The maximum Gasteiger partial charge on any atom is 0.337 e. The van der Waals surface area contributed by atoms with Crippen LogP contribution in [0.3, 0.4) is 0 Å². The van der Waals surface area contributed by atoms with Crippen LogP contribution in [0, 0.1) is 10.1 Å². The Hall–Kier alpha value is -3.74. The second-order valence-corrected chi connectivity index (χ2v) is 5.41. The number of nitrogens with one attached hydrogen (secondary N) is 1. The average molecular weight is 349 g/mol. The summed E-state index contributed by atoms with van der Waals surface area (Å²) in [6.07, 6.45) is 1.49. The van der Waals surface area contributed by atoms with Gasteiger partial charge in [0, 0.05) is 18.0 Å². The van der Waals surface area contributed by atoms with Gasteiger partial charge in [-0.25, -0.2) is 9.78 Å². The molecule has 0 bridgehead atoms. The molecule has 0 spiro atoms. The number of pyridine rings is 1. The Bertz CT molecular complexity index is 972. The van der Waals surface area contributed by atoms with Crippen molar-refractivity contribution in [3.8, 4) is 11.1 Å². The third-order valence-electron chi connectivity index (χ3n) is 3.73. The summed E-state index contributed by atoms with van der Waals surface area (Å²) in [5.74, 6) is -0.247. The predicted octanol–water partition coefficient (Wildman–Crippen LogP) is 4.19. The van der Waals surface area contributed by atoms with Gasteiger partial charge in [0.2, 0.25) is 5.82 Å². The highest BCUT2D eigenvalue weighted by Gasteiger charge is 2.14. The first-order chi connectivity index (χ1) is 12.6. The molecule has 0 atom stereocenters. The number of carbonyl (C=O) groups is 1. The van der Waals surface area contributed by atoms with Crippen LogP contribution < -0.4 is 5.32 Å². The van der Waals surface area contributed by atoms with Crippen molar-refractivity contribution in [3.63, 3.8) is 0 Å². The van der Waals surface area contributed by atoms with Crippen LogP contribution in [-0.4, -0.2) is 23.0 Å². The summed E-state index contributed by atoms with van der Waals surface area (Å²) in [5, 5.41) is 14.1. The van der Waals surface area contributed by atoms with Crippen LogP contribution in [0.15, 0.2) is 66.9 Å². The molecule has 0 saturated heterocycles. The number of esters is 1. The fourth-order valence-corrected chi connectivity index (χ4v) is 2.50. The van der Waals surface area contributed by atoms with Crippen molar-refractivity contribution in [2.75, 3.05) is 12.4 Å². The summed E-state index contributed by atoms with van der Waals surface area (Å²) in [6, 6.07) is 17.3. The van der Waals surface area contributed by atoms with E-state index in [-0.39, 0.29) is 11.5 Å². The van der Waals surface area contributed by atoms with Gasteiger partial charge in [-0.1, -0.05) is 24.3 Å². The van der Waals surface area contributed by atoms with Crippen LogP contribution in [0.5, 0.6) is 0 Å². The number of anilines is 2.